The molecule has 0 aliphatic rings. The summed E-state index contributed by atoms with van der Waals surface area (Å²) >= 11 is 0. The number of para-hydroxylation sites is 1. The molecule has 8 heteroatoms. The van der Waals surface area contributed by atoms with Crippen molar-refractivity contribution in [3.8, 4) is 0 Å². The fourth-order valence-electron chi connectivity index (χ4n) is 1.86. The van der Waals surface area contributed by atoms with E-state index in [1.54, 1.807) is 24.3 Å². The normalized spacial score (nSPS) is 11.5. The number of anilines is 1. The summed E-state index contributed by atoms with van der Waals surface area (Å²) in [6.45, 7) is 0.133. The standard InChI is InChI=1S/C13H15N3O4S/c1-14-21(19,20)7-6-15-12-8-10(13(17)18)9-4-2-3-5-11(9)16-12/h2-5,8,14H,6-7H2,1H3,(H,15,16)(H,17,18). The zero-order valence-corrected chi connectivity index (χ0v) is 12.1. The van der Waals surface area contributed by atoms with Crippen LogP contribution in [0.5, 0.6) is 0 Å². The minimum atomic E-state index is -3.32. The first kappa shape index (κ1) is 15.2. The van der Waals surface area contributed by atoms with E-state index in [9.17, 15) is 18.3 Å². The van der Waals surface area contributed by atoms with Gasteiger partial charge in [0, 0.05) is 11.9 Å². The van der Waals surface area contributed by atoms with Crippen molar-refractivity contribution in [3.63, 3.8) is 0 Å². The monoisotopic (exact) mass is 309 g/mol. The summed E-state index contributed by atoms with van der Waals surface area (Å²) < 4.78 is 24.8. The van der Waals surface area contributed by atoms with Crippen molar-refractivity contribution in [2.45, 2.75) is 0 Å². The Morgan fingerprint density at radius 2 is 2.05 bits per heavy atom. The lowest BCUT2D eigenvalue weighted by atomic mass is 10.1. The van der Waals surface area contributed by atoms with E-state index in [0.717, 1.165) is 0 Å². The molecule has 0 aliphatic heterocycles. The molecule has 3 N–H and O–H groups in total. The fraction of sp³-hybridized carbons (Fsp3) is 0.231. The van der Waals surface area contributed by atoms with Gasteiger partial charge in [-0.2, -0.15) is 0 Å². The number of aromatic nitrogens is 1. The predicted octanol–water partition coefficient (Wildman–Crippen LogP) is 0.894. The summed E-state index contributed by atoms with van der Waals surface area (Å²) in [7, 11) is -1.98. The van der Waals surface area contributed by atoms with Crippen molar-refractivity contribution in [2.75, 3.05) is 24.7 Å². The maximum atomic E-state index is 11.3. The van der Waals surface area contributed by atoms with E-state index in [0.29, 0.717) is 16.7 Å². The summed E-state index contributed by atoms with van der Waals surface area (Å²) in [5.41, 5.74) is 0.663. The van der Waals surface area contributed by atoms with Crippen molar-refractivity contribution < 1.29 is 18.3 Å². The minimum Gasteiger partial charge on any atom is -0.478 e. The fourth-order valence-corrected chi connectivity index (χ4v) is 2.43. The van der Waals surface area contributed by atoms with Crippen LogP contribution >= 0.6 is 0 Å². The lowest BCUT2D eigenvalue weighted by Gasteiger charge is -2.09. The maximum Gasteiger partial charge on any atom is 0.336 e. The molecule has 21 heavy (non-hydrogen) atoms. The summed E-state index contributed by atoms with van der Waals surface area (Å²) in [4.78, 5) is 15.6. The van der Waals surface area contributed by atoms with E-state index < -0.39 is 16.0 Å². The van der Waals surface area contributed by atoms with Gasteiger partial charge >= 0.3 is 5.97 Å². The van der Waals surface area contributed by atoms with Gasteiger partial charge in [0.05, 0.1) is 16.8 Å². The SMILES string of the molecule is CNS(=O)(=O)CCNc1cc(C(=O)O)c2ccccc2n1. The molecule has 0 amide bonds. The minimum absolute atomic E-state index is 0.125. The lowest BCUT2D eigenvalue weighted by Crippen LogP contribution is -2.26. The molecule has 0 saturated heterocycles. The average Bonchev–Trinajstić information content (AvgIpc) is 2.46. The Bertz CT molecular complexity index is 774. The average molecular weight is 309 g/mol. The van der Waals surface area contributed by atoms with Crippen LogP contribution in [0.25, 0.3) is 10.9 Å². The molecular formula is C13H15N3O4S. The van der Waals surface area contributed by atoms with Gasteiger partial charge in [-0.3, -0.25) is 0 Å². The van der Waals surface area contributed by atoms with E-state index in [1.165, 1.54) is 13.1 Å². The highest BCUT2D eigenvalue weighted by molar-refractivity contribution is 7.89. The van der Waals surface area contributed by atoms with Crippen molar-refractivity contribution >= 4 is 32.7 Å². The Hall–Kier alpha value is -2.19. The van der Waals surface area contributed by atoms with Crippen LogP contribution in [0.4, 0.5) is 5.82 Å². The van der Waals surface area contributed by atoms with Gasteiger partial charge in [-0.15, -0.1) is 0 Å². The second kappa shape index (κ2) is 6.06. The van der Waals surface area contributed by atoms with E-state index in [2.05, 4.69) is 15.0 Å². The van der Waals surface area contributed by atoms with E-state index in [4.69, 9.17) is 0 Å². The van der Waals surface area contributed by atoms with Gasteiger partial charge in [-0.1, -0.05) is 18.2 Å². The Morgan fingerprint density at radius 3 is 2.71 bits per heavy atom. The highest BCUT2D eigenvalue weighted by Gasteiger charge is 2.12. The predicted molar refractivity (Wildman–Crippen MR) is 80.0 cm³/mol. The van der Waals surface area contributed by atoms with Crippen molar-refractivity contribution in [1.82, 2.24) is 9.71 Å². The van der Waals surface area contributed by atoms with Gasteiger partial charge in [0.2, 0.25) is 10.0 Å². The van der Waals surface area contributed by atoms with Crippen LogP contribution in [-0.2, 0) is 10.0 Å². The molecule has 0 unspecified atom stereocenters. The number of carboxylic acid groups (broad SMARTS) is 1. The lowest BCUT2D eigenvalue weighted by molar-refractivity contribution is 0.0699. The molecule has 0 atom stereocenters. The Labute approximate surface area is 122 Å². The molecule has 0 fully saturated rings. The zero-order valence-electron chi connectivity index (χ0n) is 11.3. The molecule has 0 aliphatic carbocycles. The molecule has 0 spiro atoms. The van der Waals surface area contributed by atoms with E-state index in [1.807, 2.05) is 0 Å². The number of carboxylic acids is 1. The number of sulfonamides is 1. The van der Waals surface area contributed by atoms with Crippen molar-refractivity contribution in [2.24, 2.45) is 0 Å². The van der Waals surface area contributed by atoms with Gasteiger partial charge in [0.15, 0.2) is 0 Å². The summed E-state index contributed by atoms with van der Waals surface area (Å²) in [6.07, 6.45) is 0. The number of aromatic carboxylic acids is 1. The topological polar surface area (TPSA) is 108 Å². The number of nitrogens with zero attached hydrogens (tertiary/aromatic N) is 1. The van der Waals surface area contributed by atoms with E-state index in [-0.39, 0.29) is 17.9 Å². The molecule has 7 nitrogen and oxygen atoms in total. The first-order chi connectivity index (χ1) is 9.93. The third-order valence-electron chi connectivity index (χ3n) is 2.93. The molecule has 112 valence electrons. The van der Waals surface area contributed by atoms with Crippen LogP contribution in [0.1, 0.15) is 10.4 Å². The number of hydrogen-bond donors (Lipinski definition) is 3. The van der Waals surface area contributed by atoms with Crippen LogP contribution in [0.3, 0.4) is 0 Å². The Morgan fingerprint density at radius 1 is 1.33 bits per heavy atom. The number of rotatable bonds is 6. The Balaban J connectivity index is 2.27. The van der Waals surface area contributed by atoms with Gasteiger partial charge in [0.25, 0.3) is 0 Å². The number of hydrogen-bond acceptors (Lipinski definition) is 5. The van der Waals surface area contributed by atoms with Gasteiger partial charge in [-0.25, -0.2) is 22.9 Å². The molecule has 0 bridgehead atoms. The first-order valence-electron chi connectivity index (χ1n) is 6.21. The van der Waals surface area contributed by atoms with Crippen LogP contribution in [-0.4, -0.2) is 43.8 Å². The number of nitrogens with one attached hydrogen (secondary N) is 2. The second-order valence-corrected chi connectivity index (χ2v) is 6.37. The van der Waals surface area contributed by atoms with Crippen LogP contribution in [0.2, 0.25) is 0 Å². The molecular weight excluding hydrogens is 294 g/mol. The highest BCUT2D eigenvalue weighted by Crippen LogP contribution is 2.20. The highest BCUT2D eigenvalue weighted by atomic mass is 32.2. The number of pyridine rings is 1. The third kappa shape index (κ3) is 3.67. The molecule has 1 heterocycles. The summed E-state index contributed by atoms with van der Waals surface area (Å²) in [6, 6.07) is 8.29. The smallest absolute Gasteiger partial charge is 0.336 e. The second-order valence-electron chi connectivity index (χ2n) is 4.33. The number of benzene rings is 1. The molecule has 2 rings (SSSR count). The Kier molecular flexibility index (Phi) is 4.39. The molecule has 1 aromatic heterocycles. The number of fused-ring (bicyclic) bond motifs is 1. The summed E-state index contributed by atoms with van der Waals surface area (Å²) in [5, 5.41) is 12.6. The van der Waals surface area contributed by atoms with Crippen LogP contribution in [0.15, 0.2) is 30.3 Å². The van der Waals surface area contributed by atoms with Crippen LogP contribution < -0.4 is 10.0 Å². The van der Waals surface area contributed by atoms with E-state index >= 15 is 0 Å². The number of carbonyl (C=O) groups is 1. The molecule has 0 saturated carbocycles. The van der Waals surface area contributed by atoms with Crippen molar-refractivity contribution in [1.29, 1.82) is 0 Å². The van der Waals surface area contributed by atoms with Crippen molar-refractivity contribution in [3.05, 3.63) is 35.9 Å². The largest absolute Gasteiger partial charge is 0.478 e. The van der Waals surface area contributed by atoms with Gasteiger partial charge in [0.1, 0.15) is 5.82 Å². The zero-order chi connectivity index (χ0) is 15.5. The van der Waals surface area contributed by atoms with Gasteiger partial charge < -0.3 is 10.4 Å². The van der Waals surface area contributed by atoms with Gasteiger partial charge in [-0.05, 0) is 19.2 Å². The maximum absolute atomic E-state index is 11.3. The molecule has 2 aromatic rings. The first-order valence-corrected chi connectivity index (χ1v) is 7.86. The third-order valence-corrected chi connectivity index (χ3v) is 4.30. The summed E-state index contributed by atoms with van der Waals surface area (Å²) in [5.74, 6) is -0.850. The molecule has 0 radical (unpaired) electrons. The quantitative estimate of drug-likeness (QED) is 0.731. The molecule has 1 aromatic carbocycles. The van der Waals surface area contributed by atoms with Crippen LogP contribution in [0, 0.1) is 0 Å².